The Bertz CT molecular complexity index is 1010. The second-order valence-electron chi connectivity index (χ2n) is 8.21. The van der Waals surface area contributed by atoms with Crippen LogP contribution in [0.4, 0.5) is 10.1 Å². The van der Waals surface area contributed by atoms with Crippen LogP contribution in [0, 0.1) is 23.6 Å². The number of anilines is 1. The van der Waals surface area contributed by atoms with Crippen LogP contribution >= 0.6 is 0 Å². The lowest BCUT2D eigenvalue weighted by Crippen LogP contribution is -2.40. The van der Waals surface area contributed by atoms with Crippen LogP contribution < -0.4 is 10.0 Å². The van der Waals surface area contributed by atoms with Crippen molar-refractivity contribution >= 4 is 21.6 Å². The molecule has 1 amide bonds. The van der Waals surface area contributed by atoms with Crippen molar-refractivity contribution in [2.75, 3.05) is 4.72 Å². The molecule has 4 atom stereocenters. The minimum Gasteiger partial charge on any atom is -0.349 e. The van der Waals surface area contributed by atoms with Gasteiger partial charge in [-0.1, -0.05) is 18.6 Å². The number of carbonyl (C=O) groups excluding carboxylic acids is 1. The molecular formula is C22H25FN2O3S. The van der Waals surface area contributed by atoms with E-state index in [1.165, 1.54) is 31.4 Å². The van der Waals surface area contributed by atoms with Gasteiger partial charge in [0.2, 0.25) is 0 Å². The first-order valence-corrected chi connectivity index (χ1v) is 11.5. The average molecular weight is 417 g/mol. The highest BCUT2D eigenvalue weighted by molar-refractivity contribution is 7.92. The molecule has 0 heterocycles. The van der Waals surface area contributed by atoms with E-state index in [1.54, 1.807) is 24.3 Å². The van der Waals surface area contributed by atoms with Crippen molar-refractivity contribution in [1.82, 2.24) is 5.32 Å². The van der Waals surface area contributed by atoms with Crippen LogP contribution in [-0.2, 0) is 10.0 Å². The smallest absolute Gasteiger partial charge is 0.261 e. The van der Waals surface area contributed by atoms with E-state index in [0.717, 1.165) is 24.5 Å². The first-order valence-electron chi connectivity index (χ1n) is 10.0. The Morgan fingerprint density at radius 2 is 1.79 bits per heavy atom. The SMILES string of the molecule is C[C@H](NC(=O)c1ccccc1NS(=O)(=O)c1ccc(F)cc1)[C@@H]1C[C@@H]2CC[C@@H]1C2. The average Bonchev–Trinajstić information content (AvgIpc) is 3.32. The van der Waals surface area contributed by atoms with E-state index in [1.807, 2.05) is 6.92 Å². The normalized spacial score (nSPS) is 24.3. The van der Waals surface area contributed by atoms with Gasteiger partial charge in [-0.25, -0.2) is 12.8 Å². The maximum Gasteiger partial charge on any atom is 0.261 e. The Morgan fingerprint density at radius 1 is 1.07 bits per heavy atom. The van der Waals surface area contributed by atoms with Crippen LogP contribution in [0.5, 0.6) is 0 Å². The summed E-state index contributed by atoms with van der Waals surface area (Å²) < 4.78 is 40.9. The molecule has 4 rings (SSSR count). The first-order chi connectivity index (χ1) is 13.8. The number of fused-ring (bicyclic) bond motifs is 2. The molecule has 2 saturated carbocycles. The van der Waals surface area contributed by atoms with Gasteiger partial charge in [-0.2, -0.15) is 0 Å². The number of benzene rings is 2. The van der Waals surface area contributed by atoms with Gasteiger partial charge in [0.25, 0.3) is 15.9 Å². The number of hydrogen-bond acceptors (Lipinski definition) is 3. The van der Waals surface area contributed by atoms with Crippen molar-refractivity contribution in [2.45, 2.75) is 43.5 Å². The summed E-state index contributed by atoms with van der Waals surface area (Å²) in [5.74, 6) is 1.15. The fourth-order valence-electron chi connectivity index (χ4n) is 4.89. The van der Waals surface area contributed by atoms with E-state index >= 15 is 0 Å². The van der Waals surface area contributed by atoms with E-state index in [2.05, 4.69) is 10.0 Å². The highest BCUT2D eigenvalue weighted by atomic mass is 32.2. The summed E-state index contributed by atoms with van der Waals surface area (Å²) in [6, 6.07) is 11.1. The number of halogens is 1. The number of hydrogen-bond donors (Lipinski definition) is 2. The molecule has 154 valence electrons. The molecule has 5 nitrogen and oxygen atoms in total. The molecule has 2 aromatic carbocycles. The maximum atomic E-state index is 13.1. The third kappa shape index (κ3) is 4.15. The van der Waals surface area contributed by atoms with E-state index in [0.29, 0.717) is 11.8 Å². The molecule has 2 aliphatic carbocycles. The molecule has 0 spiro atoms. The van der Waals surface area contributed by atoms with Crippen molar-refractivity contribution in [2.24, 2.45) is 17.8 Å². The second kappa shape index (κ2) is 7.78. The molecule has 2 aliphatic rings. The van der Waals surface area contributed by atoms with Gasteiger partial charge in [-0.3, -0.25) is 9.52 Å². The molecule has 2 bridgehead atoms. The largest absolute Gasteiger partial charge is 0.349 e. The van der Waals surface area contributed by atoms with Gasteiger partial charge < -0.3 is 5.32 Å². The molecule has 2 aromatic rings. The zero-order valence-corrected chi connectivity index (χ0v) is 17.1. The number of para-hydroxylation sites is 1. The summed E-state index contributed by atoms with van der Waals surface area (Å²) in [5.41, 5.74) is 0.475. The lowest BCUT2D eigenvalue weighted by atomic mass is 9.84. The lowest BCUT2D eigenvalue weighted by molar-refractivity contribution is 0.0916. The second-order valence-corrected chi connectivity index (χ2v) is 9.89. The van der Waals surface area contributed by atoms with Crippen molar-refractivity contribution < 1.29 is 17.6 Å². The molecule has 7 heteroatoms. The summed E-state index contributed by atoms with van der Waals surface area (Å²) >= 11 is 0. The van der Waals surface area contributed by atoms with Gasteiger partial charge in [-0.15, -0.1) is 0 Å². The summed E-state index contributed by atoms with van der Waals surface area (Å²) in [5, 5.41) is 3.07. The molecule has 0 aliphatic heterocycles. The predicted molar refractivity (Wildman–Crippen MR) is 110 cm³/mol. The highest BCUT2D eigenvalue weighted by Crippen LogP contribution is 2.49. The van der Waals surface area contributed by atoms with E-state index < -0.39 is 15.8 Å². The highest BCUT2D eigenvalue weighted by Gasteiger charge is 2.42. The van der Waals surface area contributed by atoms with Crippen LogP contribution in [0.3, 0.4) is 0 Å². The summed E-state index contributed by atoms with van der Waals surface area (Å²) in [6.07, 6.45) is 4.96. The van der Waals surface area contributed by atoms with Gasteiger partial charge in [0.15, 0.2) is 0 Å². The quantitative estimate of drug-likeness (QED) is 0.742. The van der Waals surface area contributed by atoms with E-state index in [9.17, 15) is 17.6 Å². The molecule has 0 saturated heterocycles. The first kappa shape index (κ1) is 19.9. The fourth-order valence-corrected chi connectivity index (χ4v) is 5.97. The molecule has 29 heavy (non-hydrogen) atoms. The maximum absolute atomic E-state index is 13.1. The van der Waals surface area contributed by atoms with Gasteiger partial charge in [0.05, 0.1) is 16.1 Å². The molecule has 0 unspecified atom stereocenters. The Morgan fingerprint density at radius 3 is 2.45 bits per heavy atom. The lowest BCUT2D eigenvalue weighted by Gasteiger charge is -2.28. The zero-order valence-electron chi connectivity index (χ0n) is 16.3. The van der Waals surface area contributed by atoms with Crippen LogP contribution in [0.15, 0.2) is 53.4 Å². The zero-order chi connectivity index (χ0) is 20.6. The van der Waals surface area contributed by atoms with Crippen LogP contribution in [0.25, 0.3) is 0 Å². The summed E-state index contributed by atoms with van der Waals surface area (Å²) in [6.45, 7) is 2.04. The topological polar surface area (TPSA) is 75.3 Å². The van der Waals surface area contributed by atoms with Crippen molar-refractivity contribution in [3.05, 3.63) is 59.9 Å². The molecule has 2 N–H and O–H groups in total. The Hall–Kier alpha value is -2.41. The number of amides is 1. The predicted octanol–water partition coefficient (Wildman–Crippen LogP) is 4.18. The molecular weight excluding hydrogens is 391 g/mol. The van der Waals surface area contributed by atoms with Crippen LogP contribution in [0.1, 0.15) is 43.0 Å². The Labute approximate surface area is 170 Å². The summed E-state index contributed by atoms with van der Waals surface area (Å²) in [7, 11) is -3.93. The Kier molecular flexibility index (Phi) is 5.34. The van der Waals surface area contributed by atoms with Crippen molar-refractivity contribution in [3.8, 4) is 0 Å². The standard InChI is InChI=1S/C22H25FN2O3S/c1-14(20-13-15-6-7-16(20)12-15)24-22(26)19-4-2-3-5-21(19)25-29(27,28)18-10-8-17(23)9-11-18/h2-5,8-11,14-16,20,25H,6-7,12-13H2,1H3,(H,24,26)/t14-,15+,16+,20-/m0/s1. The summed E-state index contributed by atoms with van der Waals surface area (Å²) in [4.78, 5) is 12.8. The fraction of sp³-hybridized carbons (Fsp3) is 0.409. The van der Waals surface area contributed by atoms with Crippen LogP contribution in [0.2, 0.25) is 0 Å². The van der Waals surface area contributed by atoms with Crippen molar-refractivity contribution in [3.63, 3.8) is 0 Å². The third-order valence-electron chi connectivity index (χ3n) is 6.33. The van der Waals surface area contributed by atoms with Crippen molar-refractivity contribution in [1.29, 1.82) is 0 Å². The van der Waals surface area contributed by atoms with Gasteiger partial charge in [0, 0.05) is 6.04 Å². The monoisotopic (exact) mass is 416 g/mol. The van der Waals surface area contributed by atoms with Gasteiger partial charge >= 0.3 is 0 Å². The molecule has 0 aromatic heterocycles. The third-order valence-corrected chi connectivity index (χ3v) is 7.72. The van der Waals surface area contributed by atoms with Gasteiger partial charge in [-0.05, 0) is 80.3 Å². The molecule has 2 fully saturated rings. The van der Waals surface area contributed by atoms with Gasteiger partial charge in [0.1, 0.15) is 5.82 Å². The Balaban J connectivity index is 1.50. The number of rotatable bonds is 6. The van der Waals surface area contributed by atoms with Crippen LogP contribution in [-0.4, -0.2) is 20.4 Å². The number of nitrogens with one attached hydrogen (secondary N) is 2. The number of sulfonamides is 1. The molecule has 0 radical (unpaired) electrons. The van der Waals surface area contributed by atoms with E-state index in [4.69, 9.17) is 0 Å². The number of carbonyl (C=O) groups is 1. The van der Waals surface area contributed by atoms with E-state index in [-0.39, 0.29) is 28.1 Å². The minimum atomic E-state index is -3.93. The minimum absolute atomic E-state index is 0.0413.